The van der Waals surface area contributed by atoms with Crippen molar-refractivity contribution in [3.63, 3.8) is 0 Å². The van der Waals surface area contributed by atoms with Crippen LogP contribution in [0.5, 0.6) is 0 Å². The average molecular weight is 181 g/mol. The molecule has 0 aliphatic rings. The Morgan fingerprint density at radius 3 is 2.92 bits per heavy atom. The number of hydrogen-bond acceptors (Lipinski definition) is 2. The van der Waals surface area contributed by atoms with Gasteiger partial charge < -0.3 is 9.69 Å². The molecule has 2 nitrogen and oxygen atoms in total. The average Bonchev–Trinajstić information content (AvgIpc) is 2.14. The Morgan fingerprint density at radius 2 is 2.31 bits per heavy atom. The maximum atomic E-state index is 12.8. The molecule has 0 saturated carbocycles. The Balaban J connectivity index is 2.65. The molecule has 0 heterocycles. The molecule has 1 aromatic carbocycles. The summed E-state index contributed by atoms with van der Waals surface area (Å²) >= 11 is 0. The molecular weight excluding hydrogens is 169 g/mol. The third-order valence-electron chi connectivity index (χ3n) is 1.83. The van der Waals surface area contributed by atoms with E-state index in [1.807, 2.05) is 18.0 Å². The van der Waals surface area contributed by atoms with Crippen molar-refractivity contribution in [3.8, 4) is 0 Å². The predicted octanol–water partition coefficient (Wildman–Crippen LogP) is 1.85. The lowest BCUT2D eigenvalue weighted by molar-refractivity contribution is -0.107. The number of aldehydes is 1. The first-order chi connectivity index (χ1) is 6.24. The SMILES string of the molecule is CN(CCC=O)c1cccc(F)c1. The van der Waals surface area contributed by atoms with Crippen LogP contribution in [0.3, 0.4) is 0 Å². The van der Waals surface area contributed by atoms with Crippen molar-refractivity contribution in [2.45, 2.75) is 6.42 Å². The second kappa shape index (κ2) is 4.60. The van der Waals surface area contributed by atoms with Crippen LogP contribution in [0.15, 0.2) is 24.3 Å². The van der Waals surface area contributed by atoms with E-state index in [1.165, 1.54) is 12.1 Å². The highest BCUT2D eigenvalue weighted by molar-refractivity contribution is 5.52. The monoisotopic (exact) mass is 181 g/mol. The van der Waals surface area contributed by atoms with Gasteiger partial charge >= 0.3 is 0 Å². The minimum Gasteiger partial charge on any atom is -0.374 e. The van der Waals surface area contributed by atoms with Gasteiger partial charge in [-0.25, -0.2) is 4.39 Å². The number of hydrogen-bond donors (Lipinski definition) is 0. The summed E-state index contributed by atoms with van der Waals surface area (Å²) in [6, 6.07) is 6.32. The van der Waals surface area contributed by atoms with Crippen molar-refractivity contribution >= 4 is 12.0 Å². The molecule has 0 fully saturated rings. The lowest BCUT2D eigenvalue weighted by Gasteiger charge is -2.17. The third kappa shape index (κ3) is 2.86. The number of carbonyl (C=O) groups excluding carboxylic acids is 1. The normalized spacial score (nSPS) is 9.69. The molecule has 70 valence electrons. The molecule has 3 heteroatoms. The van der Waals surface area contributed by atoms with Gasteiger partial charge in [0.25, 0.3) is 0 Å². The van der Waals surface area contributed by atoms with Crippen LogP contribution in [0.4, 0.5) is 10.1 Å². The van der Waals surface area contributed by atoms with E-state index in [0.717, 1.165) is 12.0 Å². The molecule has 0 amide bonds. The van der Waals surface area contributed by atoms with E-state index >= 15 is 0 Å². The van der Waals surface area contributed by atoms with E-state index in [9.17, 15) is 9.18 Å². The van der Waals surface area contributed by atoms with Crippen LogP contribution in [0.25, 0.3) is 0 Å². The minimum atomic E-state index is -0.254. The Labute approximate surface area is 77.0 Å². The molecule has 0 aliphatic heterocycles. The van der Waals surface area contributed by atoms with Crippen molar-refractivity contribution in [2.75, 3.05) is 18.5 Å². The maximum Gasteiger partial charge on any atom is 0.125 e. The van der Waals surface area contributed by atoms with Crippen LogP contribution >= 0.6 is 0 Å². The van der Waals surface area contributed by atoms with Crippen molar-refractivity contribution in [2.24, 2.45) is 0 Å². The van der Waals surface area contributed by atoms with E-state index in [4.69, 9.17) is 0 Å². The zero-order valence-corrected chi connectivity index (χ0v) is 7.53. The van der Waals surface area contributed by atoms with Crippen LogP contribution in [-0.4, -0.2) is 19.9 Å². The number of benzene rings is 1. The zero-order valence-electron chi connectivity index (χ0n) is 7.53. The van der Waals surface area contributed by atoms with Crippen LogP contribution in [0, 0.1) is 5.82 Å². The van der Waals surface area contributed by atoms with Gasteiger partial charge in [0.1, 0.15) is 12.1 Å². The fourth-order valence-electron chi connectivity index (χ4n) is 1.09. The highest BCUT2D eigenvalue weighted by Gasteiger charge is 2.00. The zero-order chi connectivity index (χ0) is 9.68. The number of anilines is 1. The molecule has 1 rings (SSSR count). The van der Waals surface area contributed by atoms with Gasteiger partial charge in [-0.15, -0.1) is 0 Å². The van der Waals surface area contributed by atoms with Gasteiger partial charge in [-0.3, -0.25) is 0 Å². The maximum absolute atomic E-state index is 12.8. The lowest BCUT2D eigenvalue weighted by Crippen LogP contribution is -2.18. The fourth-order valence-corrected chi connectivity index (χ4v) is 1.09. The first-order valence-corrected chi connectivity index (χ1v) is 4.14. The highest BCUT2D eigenvalue weighted by Crippen LogP contribution is 2.13. The largest absolute Gasteiger partial charge is 0.374 e. The van der Waals surface area contributed by atoms with Gasteiger partial charge in [0.15, 0.2) is 0 Å². The summed E-state index contributed by atoms with van der Waals surface area (Å²) in [5.41, 5.74) is 0.793. The Bertz CT molecular complexity index is 288. The van der Waals surface area contributed by atoms with Gasteiger partial charge in [0.2, 0.25) is 0 Å². The molecule has 0 atom stereocenters. The molecule has 1 aromatic rings. The molecule has 0 bridgehead atoms. The van der Waals surface area contributed by atoms with E-state index in [1.54, 1.807) is 6.07 Å². The molecule has 0 spiro atoms. The summed E-state index contributed by atoms with van der Waals surface area (Å²) in [5, 5.41) is 0. The minimum absolute atomic E-state index is 0.254. The van der Waals surface area contributed by atoms with E-state index in [-0.39, 0.29) is 5.82 Å². The number of carbonyl (C=O) groups is 1. The summed E-state index contributed by atoms with van der Waals surface area (Å²) in [7, 11) is 1.83. The first-order valence-electron chi connectivity index (χ1n) is 4.14. The fraction of sp³-hybridized carbons (Fsp3) is 0.300. The summed E-state index contributed by atoms with van der Waals surface area (Å²) in [5.74, 6) is -0.254. The van der Waals surface area contributed by atoms with E-state index in [2.05, 4.69) is 0 Å². The third-order valence-corrected chi connectivity index (χ3v) is 1.83. The smallest absolute Gasteiger partial charge is 0.125 e. The van der Waals surface area contributed by atoms with Crippen LogP contribution < -0.4 is 4.90 Å². The predicted molar refractivity (Wildman–Crippen MR) is 50.4 cm³/mol. The van der Waals surface area contributed by atoms with Crippen LogP contribution in [0.1, 0.15) is 6.42 Å². The topological polar surface area (TPSA) is 20.3 Å². The van der Waals surface area contributed by atoms with Crippen molar-refractivity contribution in [1.82, 2.24) is 0 Å². The highest BCUT2D eigenvalue weighted by atomic mass is 19.1. The molecular formula is C10H12FNO. The lowest BCUT2D eigenvalue weighted by atomic mass is 10.3. The summed E-state index contributed by atoms with van der Waals surface area (Å²) < 4.78 is 12.8. The second-order valence-electron chi connectivity index (χ2n) is 2.86. The molecule has 0 unspecified atom stereocenters. The van der Waals surface area contributed by atoms with Gasteiger partial charge in [-0.1, -0.05) is 6.07 Å². The number of nitrogens with zero attached hydrogens (tertiary/aromatic N) is 1. The summed E-state index contributed by atoms with van der Waals surface area (Å²) in [6.45, 7) is 0.618. The Morgan fingerprint density at radius 1 is 1.54 bits per heavy atom. The molecule has 0 saturated heterocycles. The van der Waals surface area contributed by atoms with Gasteiger partial charge in [0.05, 0.1) is 0 Å². The molecule has 0 aromatic heterocycles. The van der Waals surface area contributed by atoms with E-state index < -0.39 is 0 Å². The number of rotatable bonds is 4. The van der Waals surface area contributed by atoms with E-state index in [0.29, 0.717) is 13.0 Å². The Hall–Kier alpha value is -1.38. The van der Waals surface area contributed by atoms with Crippen LogP contribution in [0.2, 0.25) is 0 Å². The van der Waals surface area contributed by atoms with Crippen LogP contribution in [-0.2, 0) is 4.79 Å². The molecule has 0 radical (unpaired) electrons. The first kappa shape index (κ1) is 9.71. The standard InChI is InChI=1S/C10H12FNO/c1-12(6-3-7-13)10-5-2-4-9(11)8-10/h2,4-5,7-8H,3,6H2,1H3. The van der Waals surface area contributed by atoms with Crippen molar-refractivity contribution < 1.29 is 9.18 Å². The second-order valence-corrected chi connectivity index (χ2v) is 2.86. The quantitative estimate of drug-likeness (QED) is 0.661. The van der Waals surface area contributed by atoms with Crippen molar-refractivity contribution in [1.29, 1.82) is 0 Å². The van der Waals surface area contributed by atoms with Gasteiger partial charge in [-0.05, 0) is 18.2 Å². The summed E-state index contributed by atoms with van der Waals surface area (Å²) in [4.78, 5) is 12.0. The summed E-state index contributed by atoms with van der Waals surface area (Å²) in [6.07, 6.45) is 1.32. The molecule has 0 aliphatic carbocycles. The van der Waals surface area contributed by atoms with Gasteiger partial charge in [0, 0.05) is 25.7 Å². The molecule has 0 N–H and O–H groups in total. The Kier molecular flexibility index (Phi) is 3.43. The van der Waals surface area contributed by atoms with Crippen molar-refractivity contribution in [3.05, 3.63) is 30.1 Å². The number of halogens is 1. The van der Waals surface area contributed by atoms with Gasteiger partial charge in [-0.2, -0.15) is 0 Å². The molecule has 13 heavy (non-hydrogen) atoms.